The van der Waals surface area contributed by atoms with Crippen molar-refractivity contribution in [3.63, 3.8) is 0 Å². The minimum absolute atomic E-state index is 0.0389. The van der Waals surface area contributed by atoms with Crippen LogP contribution in [0, 0.1) is 0 Å². The fraction of sp³-hybridized carbons (Fsp3) is 0.500. The van der Waals surface area contributed by atoms with Gasteiger partial charge in [0.25, 0.3) is 5.91 Å². The van der Waals surface area contributed by atoms with Gasteiger partial charge in [-0.05, 0) is 32.4 Å². The molecule has 98 valence electrons. The molecule has 1 heterocycles. The average molecular weight is 249 g/mol. The third-order valence-corrected chi connectivity index (χ3v) is 3.21. The van der Waals surface area contributed by atoms with Gasteiger partial charge in [-0.25, -0.2) is 0 Å². The fourth-order valence-corrected chi connectivity index (χ4v) is 1.95. The summed E-state index contributed by atoms with van der Waals surface area (Å²) in [5.74, 6) is 0.721. The highest BCUT2D eigenvalue weighted by molar-refractivity contribution is 6.00. The molecule has 0 unspecified atom stereocenters. The number of fused-ring (bicyclic) bond motifs is 1. The van der Waals surface area contributed by atoms with E-state index in [1.54, 1.807) is 25.9 Å². The quantitative estimate of drug-likeness (QED) is 0.806. The van der Waals surface area contributed by atoms with Crippen LogP contribution in [0.3, 0.4) is 0 Å². The first-order valence-electron chi connectivity index (χ1n) is 6.15. The monoisotopic (exact) mass is 249 g/mol. The second kappa shape index (κ2) is 4.98. The molecule has 0 radical (unpaired) electrons. The van der Waals surface area contributed by atoms with E-state index in [1.165, 1.54) is 0 Å². The van der Waals surface area contributed by atoms with Crippen LogP contribution in [0.4, 0.5) is 5.69 Å². The number of carbonyl (C=O) groups is 1. The first-order valence-corrected chi connectivity index (χ1v) is 6.15. The zero-order valence-corrected chi connectivity index (χ0v) is 11.1. The third-order valence-electron chi connectivity index (χ3n) is 3.21. The van der Waals surface area contributed by atoms with Gasteiger partial charge in [0.15, 0.2) is 0 Å². The molecule has 2 rings (SSSR count). The highest BCUT2D eigenvalue weighted by atomic mass is 16.5. The van der Waals surface area contributed by atoms with Crippen LogP contribution in [0.2, 0.25) is 0 Å². The van der Waals surface area contributed by atoms with Crippen LogP contribution in [0.25, 0.3) is 0 Å². The molecular formula is C14H19NO3. The maximum absolute atomic E-state index is 12.5. The molecule has 1 aromatic rings. The van der Waals surface area contributed by atoms with Crippen LogP contribution < -0.4 is 9.64 Å². The molecule has 0 spiro atoms. The Bertz CT molecular complexity index is 442. The molecule has 0 bridgehead atoms. The van der Waals surface area contributed by atoms with E-state index in [9.17, 15) is 4.79 Å². The van der Waals surface area contributed by atoms with E-state index in [0.717, 1.165) is 17.9 Å². The molecule has 0 N–H and O–H groups in total. The van der Waals surface area contributed by atoms with Crippen molar-refractivity contribution in [1.29, 1.82) is 0 Å². The van der Waals surface area contributed by atoms with Gasteiger partial charge in [0, 0.05) is 13.7 Å². The average Bonchev–Trinajstić information content (AvgIpc) is 2.60. The summed E-state index contributed by atoms with van der Waals surface area (Å²) in [7, 11) is 1.55. The van der Waals surface area contributed by atoms with E-state index in [-0.39, 0.29) is 5.91 Å². The Kier molecular flexibility index (Phi) is 3.57. The summed E-state index contributed by atoms with van der Waals surface area (Å²) in [5, 5.41) is 0. The van der Waals surface area contributed by atoms with E-state index < -0.39 is 5.60 Å². The molecule has 0 aliphatic carbocycles. The summed E-state index contributed by atoms with van der Waals surface area (Å²) in [6.45, 7) is 4.85. The Morgan fingerprint density at radius 2 is 2.11 bits per heavy atom. The van der Waals surface area contributed by atoms with Gasteiger partial charge >= 0.3 is 0 Å². The number of methoxy groups -OCH3 is 1. The van der Waals surface area contributed by atoms with Crippen LogP contribution in [0.1, 0.15) is 20.3 Å². The van der Waals surface area contributed by atoms with Crippen molar-refractivity contribution in [1.82, 2.24) is 0 Å². The molecule has 0 aromatic heterocycles. The smallest absolute Gasteiger partial charge is 0.258 e. The number of carbonyl (C=O) groups excluding carboxylic acids is 1. The van der Waals surface area contributed by atoms with E-state index in [0.29, 0.717) is 13.2 Å². The van der Waals surface area contributed by atoms with Gasteiger partial charge in [-0.15, -0.1) is 0 Å². The Labute approximate surface area is 107 Å². The van der Waals surface area contributed by atoms with Crippen molar-refractivity contribution in [3.8, 4) is 5.75 Å². The lowest BCUT2D eigenvalue weighted by atomic mass is 10.1. The highest BCUT2D eigenvalue weighted by Crippen LogP contribution is 2.32. The van der Waals surface area contributed by atoms with Crippen LogP contribution >= 0.6 is 0 Å². The van der Waals surface area contributed by atoms with Crippen LogP contribution in [-0.4, -0.2) is 31.8 Å². The molecule has 0 atom stereocenters. The molecule has 1 aliphatic heterocycles. The molecular weight excluding hydrogens is 230 g/mol. The maximum atomic E-state index is 12.5. The largest absolute Gasteiger partial charge is 0.491 e. The summed E-state index contributed by atoms with van der Waals surface area (Å²) in [4.78, 5) is 14.3. The molecule has 4 nitrogen and oxygen atoms in total. The van der Waals surface area contributed by atoms with Crippen molar-refractivity contribution in [3.05, 3.63) is 24.3 Å². The molecule has 0 saturated carbocycles. The SMILES string of the molecule is COC(C)(C)C(=O)N1CCCOc2ccccc21. The summed E-state index contributed by atoms with van der Waals surface area (Å²) < 4.78 is 10.9. The summed E-state index contributed by atoms with van der Waals surface area (Å²) in [6.07, 6.45) is 0.820. The van der Waals surface area contributed by atoms with Gasteiger partial charge in [0.1, 0.15) is 11.4 Å². The van der Waals surface area contributed by atoms with Crippen molar-refractivity contribution in [2.45, 2.75) is 25.9 Å². The number of nitrogens with zero attached hydrogens (tertiary/aromatic N) is 1. The Balaban J connectivity index is 2.36. The predicted molar refractivity (Wildman–Crippen MR) is 70.0 cm³/mol. The Morgan fingerprint density at radius 1 is 1.39 bits per heavy atom. The minimum Gasteiger partial charge on any atom is -0.491 e. The second-order valence-corrected chi connectivity index (χ2v) is 4.84. The molecule has 4 heteroatoms. The summed E-state index contributed by atoms with van der Waals surface area (Å²) in [6, 6.07) is 7.62. The number of amides is 1. The van der Waals surface area contributed by atoms with Crippen molar-refractivity contribution < 1.29 is 14.3 Å². The molecule has 0 fully saturated rings. The second-order valence-electron chi connectivity index (χ2n) is 4.84. The van der Waals surface area contributed by atoms with Gasteiger partial charge in [-0.3, -0.25) is 4.79 Å². The molecule has 1 aromatic carbocycles. The lowest BCUT2D eigenvalue weighted by molar-refractivity contribution is -0.136. The number of hydrogen-bond donors (Lipinski definition) is 0. The number of hydrogen-bond acceptors (Lipinski definition) is 3. The maximum Gasteiger partial charge on any atom is 0.258 e. The highest BCUT2D eigenvalue weighted by Gasteiger charge is 2.34. The lowest BCUT2D eigenvalue weighted by Crippen LogP contribution is -2.46. The van der Waals surface area contributed by atoms with Crippen LogP contribution in [0.5, 0.6) is 5.75 Å². The van der Waals surface area contributed by atoms with Crippen LogP contribution in [0.15, 0.2) is 24.3 Å². The van der Waals surface area contributed by atoms with E-state index >= 15 is 0 Å². The molecule has 0 saturated heterocycles. The minimum atomic E-state index is -0.822. The zero-order valence-electron chi connectivity index (χ0n) is 11.1. The fourth-order valence-electron chi connectivity index (χ4n) is 1.95. The zero-order chi connectivity index (χ0) is 13.2. The van der Waals surface area contributed by atoms with E-state index in [2.05, 4.69) is 0 Å². The number of anilines is 1. The van der Waals surface area contributed by atoms with Crippen molar-refractivity contribution in [2.75, 3.05) is 25.2 Å². The first-order chi connectivity index (χ1) is 8.56. The number of para-hydroxylation sites is 2. The van der Waals surface area contributed by atoms with Crippen molar-refractivity contribution in [2.24, 2.45) is 0 Å². The first kappa shape index (κ1) is 12.9. The van der Waals surface area contributed by atoms with Gasteiger partial charge < -0.3 is 14.4 Å². The van der Waals surface area contributed by atoms with Gasteiger partial charge in [-0.2, -0.15) is 0 Å². The normalized spacial score (nSPS) is 15.6. The number of rotatable bonds is 2. The third kappa shape index (κ3) is 2.34. The Hall–Kier alpha value is -1.55. The number of ether oxygens (including phenoxy) is 2. The predicted octanol–water partition coefficient (Wildman–Crippen LogP) is 2.23. The van der Waals surface area contributed by atoms with Gasteiger partial charge in [-0.1, -0.05) is 12.1 Å². The van der Waals surface area contributed by atoms with Gasteiger partial charge in [0.05, 0.1) is 12.3 Å². The Morgan fingerprint density at radius 3 is 2.83 bits per heavy atom. The summed E-state index contributed by atoms with van der Waals surface area (Å²) >= 11 is 0. The lowest BCUT2D eigenvalue weighted by Gasteiger charge is -2.30. The van der Waals surface area contributed by atoms with Crippen LogP contribution in [-0.2, 0) is 9.53 Å². The summed E-state index contributed by atoms with van der Waals surface area (Å²) in [5.41, 5.74) is 0.00222. The van der Waals surface area contributed by atoms with Crippen molar-refractivity contribution >= 4 is 11.6 Å². The number of benzene rings is 1. The molecule has 1 aliphatic rings. The van der Waals surface area contributed by atoms with E-state index in [4.69, 9.17) is 9.47 Å². The topological polar surface area (TPSA) is 38.8 Å². The van der Waals surface area contributed by atoms with Gasteiger partial charge in [0.2, 0.25) is 0 Å². The standard InChI is InChI=1S/C14H19NO3/c1-14(2,17-3)13(16)15-9-6-10-18-12-8-5-4-7-11(12)15/h4-5,7-8H,6,9-10H2,1-3H3. The molecule has 18 heavy (non-hydrogen) atoms. The molecule has 1 amide bonds. The van der Waals surface area contributed by atoms with E-state index in [1.807, 2.05) is 24.3 Å².